The first-order valence-electron chi connectivity index (χ1n) is 5.87. The van der Waals surface area contributed by atoms with Gasteiger partial charge in [-0.2, -0.15) is 5.26 Å². The minimum Gasteiger partial charge on any atom is -0.380 e. The number of anilines is 1. The van der Waals surface area contributed by atoms with Gasteiger partial charge >= 0.3 is 0 Å². The van der Waals surface area contributed by atoms with Crippen molar-refractivity contribution in [2.75, 3.05) is 5.32 Å². The molecule has 0 fully saturated rings. The molecule has 1 N–H and O–H groups in total. The van der Waals surface area contributed by atoms with Crippen molar-refractivity contribution in [1.82, 2.24) is 0 Å². The second-order valence-corrected chi connectivity index (χ2v) is 4.62. The van der Waals surface area contributed by atoms with E-state index in [-0.39, 0.29) is 17.8 Å². The predicted octanol–water partition coefficient (Wildman–Crippen LogP) is 3.87. The van der Waals surface area contributed by atoms with E-state index in [9.17, 15) is 14.5 Å². The van der Waals surface area contributed by atoms with Gasteiger partial charge in [-0.25, -0.2) is 4.39 Å². The molecule has 0 radical (unpaired) electrons. The van der Waals surface area contributed by atoms with Gasteiger partial charge in [-0.3, -0.25) is 10.1 Å². The Morgan fingerprint density at radius 2 is 2.10 bits per heavy atom. The zero-order valence-corrected chi connectivity index (χ0v) is 11.4. The van der Waals surface area contributed by atoms with Gasteiger partial charge in [-0.15, -0.1) is 0 Å². The lowest BCUT2D eigenvalue weighted by molar-refractivity contribution is -0.384. The standard InChI is InChI=1S/C14H9ClFN3O2/c15-11-1-3-13(16)10(5-11)8-18-14-4-2-12(19(20)21)6-9(14)7-17/h1-6,18H,8H2. The zero-order chi connectivity index (χ0) is 15.4. The van der Waals surface area contributed by atoms with Gasteiger partial charge in [0.15, 0.2) is 0 Å². The van der Waals surface area contributed by atoms with Gasteiger partial charge in [-0.1, -0.05) is 11.6 Å². The second kappa shape index (κ2) is 6.20. The Hall–Kier alpha value is -2.65. The number of nitro groups is 1. The van der Waals surface area contributed by atoms with Crippen molar-refractivity contribution in [2.45, 2.75) is 6.54 Å². The number of rotatable bonds is 4. The number of nitrogens with zero attached hydrogens (tertiary/aromatic N) is 2. The summed E-state index contributed by atoms with van der Waals surface area (Å²) in [5, 5.41) is 22.9. The van der Waals surface area contributed by atoms with Gasteiger partial charge in [0.1, 0.15) is 11.9 Å². The molecule has 0 saturated carbocycles. The minimum absolute atomic E-state index is 0.110. The van der Waals surface area contributed by atoms with Crippen LogP contribution < -0.4 is 5.32 Å². The van der Waals surface area contributed by atoms with Crippen LogP contribution in [-0.2, 0) is 6.54 Å². The van der Waals surface area contributed by atoms with E-state index >= 15 is 0 Å². The lowest BCUT2D eigenvalue weighted by Crippen LogP contribution is -2.04. The summed E-state index contributed by atoms with van der Waals surface area (Å²) in [4.78, 5) is 10.1. The van der Waals surface area contributed by atoms with Gasteiger partial charge in [0.25, 0.3) is 5.69 Å². The number of nitro benzene ring substituents is 1. The Bertz CT molecular complexity index is 743. The van der Waals surface area contributed by atoms with E-state index in [0.29, 0.717) is 16.3 Å². The molecule has 0 amide bonds. The average Bonchev–Trinajstić information content (AvgIpc) is 2.47. The van der Waals surface area contributed by atoms with Crippen LogP contribution in [0.15, 0.2) is 36.4 Å². The highest BCUT2D eigenvalue weighted by Gasteiger charge is 2.11. The third-order valence-corrected chi connectivity index (χ3v) is 3.05. The summed E-state index contributed by atoms with van der Waals surface area (Å²) in [6.45, 7) is 0.110. The molecule has 106 valence electrons. The fourth-order valence-electron chi connectivity index (χ4n) is 1.76. The van der Waals surface area contributed by atoms with E-state index in [1.54, 1.807) is 0 Å². The molecule has 0 saturated heterocycles. The third-order valence-electron chi connectivity index (χ3n) is 2.81. The third kappa shape index (κ3) is 3.46. The van der Waals surface area contributed by atoms with Gasteiger partial charge in [-0.05, 0) is 24.3 Å². The van der Waals surface area contributed by atoms with Crippen molar-refractivity contribution in [3.8, 4) is 6.07 Å². The summed E-state index contributed by atoms with van der Waals surface area (Å²) < 4.78 is 13.6. The molecule has 0 atom stereocenters. The normalized spacial score (nSPS) is 9.95. The first-order valence-corrected chi connectivity index (χ1v) is 6.25. The Morgan fingerprint density at radius 1 is 1.33 bits per heavy atom. The molecule has 2 aromatic rings. The molecule has 7 heteroatoms. The van der Waals surface area contributed by atoms with E-state index < -0.39 is 10.7 Å². The van der Waals surface area contributed by atoms with E-state index in [0.717, 1.165) is 6.07 Å². The smallest absolute Gasteiger partial charge is 0.270 e. The van der Waals surface area contributed by atoms with Gasteiger partial charge in [0.05, 0.1) is 16.2 Å². The highest BCUT2D eigenvalue weighted by atomic mass is 35.5. The molecule has 2 rings (SSSR count). The number of benzene rings is 2. The number of nitrogens with one attached hydrogen (secondary N) is 1. The molecule has 0 spiro atoms. The monoisotopic (exact) mass is 305 g/mol. The molecular weight excluding hydrogens is 297 g/mol. The van der Waals surface area contributed by atoms with Crippen LogP contribution >= 0.6 is 11.6 Å². The fourth-order valence-corrected chi connectivity index (χ4v) is 1.96. The first kappa shape index (κ1) is 14.8. The molecule has 0 aliphatic rings. The average molecular weight is 306 g/mol. The largest absolute Gasteiger partial charge is 0.380 e. The maximum absolute atomic E-state index is 13.6. The summed E-state index contributed by atoms with van der Waals surface area (Å²) in [5.41, 5.74) is 0.671. The van der Waals surface area contributed by atoms with Crippen molar-refractivity contribution in [3.63, 3.8) is 0 Å². The summed E-state index contributed by atoms with van der Waals surface area (Å²) >= 11 is 5.79. The quantitative estimate of drug-likeness (QED) is 0.687. The van der Waals surface area contributed by atoms with Crippen LogP contribution in [-0.4, -0.2) is 4.92 Å². The summed E-state index contributed by atoms with van der Waals surface area (Å²) in [6.07, 6.45) is 0. The number of non-ortho nitro benzene ring substituents is 1. The van der Waals surface area contributed by atoms with Crippen molar-refractivity contribution >= 4 is 23.0 Å². The summed E-state index contributed by atoms with van der Waals surface area (Å²) in [6, 6.07) is 9.88. The number of halogens is 2. The lowest BCUT2D eigenvalue weighted by Gasteiger charge is -2.09. The van der Waals surface area contributed by atoms with Crippen LogP contribution in [0.25, 0.3) is 0 Å². The highest BCUT2D eigenvalue weighted by Crippen LogP contribution is 2.23. The first-order chi connectivity index (χ1) is 10.0. The Morgan fingerprint density at radius 3 is 2.76 bits per heavy atom. The SMILES string of the molecule is N#Cc1cc([N+](=O)[O-])ccc1NCc1cc(Cl)ccc1F. The zero-order valence-electron chi connectivity index (χ0n) is 10.6. The predicted molar refractivity (Wildman–Crippen MR) is 76.5 cm³/mol. The fraction of sp³-hybridized carbons (Fsp3) is 0.0714. The van der Waals surface area contributed by atoms with E-state index in [1.165, 1.54) is 30.3 Å². The molecule has 5 nitrogen and oxygen atoms in total. The highest BCUT2D eigenvalue weighted by molar-refractivity contribution is 6.30. The van der Waals surface area contributed by atoms with Gasteiger partial charge in [0.2, 0.25) is 0 Å². The lowest BCUT2D eigenvalue weighted by atomic mass is 10.1. The van der Waals surface area contributed by atoms with E-state index in [1.807, 2.05) is 6.07 Å². The Balaban J connectivity index is 2.22. The summed E-state index contributed by atoms with van der Waals surface area (Å²) in [5.74, 6) is -0.424. The van der Waals surface area contributed by atoms with Crippen LogP contribution in [0.2, 0.25) is 5.02 Å². The molecule has 0 aliphatic carbocycles. The van der Waals surface area contributed by atoms with Crippen LogP contribution in [0.1, 0.15) is 11.1 Å². The van der Waals surface area contributed by atoms with Crippen molar-refractivity contribution < 1.29 is 9.31 Å². The maximum Gasteiger partial charge on any atom is 0.270 e. The molecule has 2 aromatic carbocycles. The number of nitriles is 1. The number of hydrogen-bond donors (Lipinski definition) is 1. The molecular formula is C14H9ClFN3O2. The number of hydrogen-bond acceptors (Lipinski definition) is 4. The van der Waals surface area contributed by atoms with E-state index in [4.69, 9.17) is 16.9 Å². The van der Waals surface area contributed by atoms with Crippen LogP contribution in [0.4, 0.5) is 15.8 Å². The maximum atomic E-state index is 13.6. The minimum atomic E-state index is -0.582. The van der Waals surface area contributed by atoms with E-state index in [2.05, 4.69) is 5.32 Å². The van der Waals surface area contributed by atoms with Crippen molar-refractivity contribution in [3.05, 3.63) is 68.5 Å². The van der Waals surface area contributed by atoms with Crippen molar-refractivity contribution in [2.24, 2.45) is 0 Å². The van der Waals surface area contributed by atoms with Crippen LogP contribution in [0, 0.1) is 27.3 Å². The van der Waals surface area contributed by atoms with Crippen LogP contribution in [0.3, 0.4) is 0 Å². The second-order valence-electron chi connectivity index (χ2n) is 4.19. The Kier molecular flexibility index (Phi) is 4.36. The Labute approximate surface area is 124 Å². The van der Waals surface area contributed by atoms with Crippen LogP contribution in [0.5, 0.6) is 0 Å². The molecule has 0 aliphatic heterocycles. The van der Waals surface area contributed by atoms with Crippen molar-refractivity contribution in [1.29, 1.82) is 5.26 Å². The molecule has 0 aromatic heterocycles. The molecule has 0 unspecified atom stereocenters. The molecule has 21 heavy (non-hydrogen) atoms. The van der Waals surface area contributed by atoms with Gasteiger partial charge in [0, 0.05) is 29.3 Å². The molecule has 0 heterocycles. The summed E-state index contributed by atoms with van der Waals surface area (Å²) in [7, 11) is 0. The molecule has 0 bridgehead atoms. The topological polar surface area (TPSA) is 79.0 Å². The van der Waals surface area contributed by atoms with Gasteiger partial charge < -0.3 is 5.32 Å².